The first kappa shape index (κ1) is 17.3. The first-order chi connectivity index (χ1) is 11.8. The van der Waals surface area contributed by atoms with Gasteiger partial charge in [0.25, 0.3) is 0 Å². The third kappa shape index (κ3) is 3.62. The first-order valence-corrected chi connectivity index (χ1v) is 8.72. The van der Waals surface area contributed by atoms with E-state index in [1.165, 1.54) is 0 Å². The number of anilines is 3. The Morgan fingerprint density at radius 2 is 2.12 bits per heavy atom. The lowest BCUT2D eigenvalue weighted by molar-refractivity contribution is -0.115. The van der Waals surface area contributed by atoms with E-state index in [1.807, 2.05) is 31.3 Å². The Balaban J connectivity index is 1.73. The number of hydrogen-bond donors (Lipinski definition) is 2. The highest BCUT2D eigenvalue weighted by molar-refractivity contribution is 5.93. The van der Waals surface area contributed by atoms with E-state index in [9.17, 15) is 4.79 Å². The van der Waals surface area contributed by atoms with E-state index in [0.717, 1.165) is 47.8 Å². The lowest BCUT2D eigenvalue weighted by atomic mass is 9.92. The number of amides is 1. The molecule has 0 saturated carbocycles. The molecule has 1 amide bonds. The molecule has 1 aliphatic rings. The molecule has 0 unspecified atom stereocenters. The maximum atomic E-state index is 12.6. The fourth-order valence-electron chi connectivity index (χ4n) is 3.20. The van der Waals surface area contributed by atoms with Crippen LogP contribution in [0, 0.1) is 0 Å². The molecule has 0 aliphatic carbocycles. The van der Waals surface area contributed by atoms with Gasteiger partial charge in [0.15, 0.2) is 0 Å². The van der Waals surface area contributed by atoms with E-state index in [1.54, 1.807) is 4.68 Å². The number of nitrogens with two attached hydrogens (primary N) is 1. The molecule has 25 heavy (non-hydrogen) atoms. The highest BCUT2D eigenvalue weighted by Crippen LogP contribution is 2.31. The monoisotopic (exact) mass is 341 g/mol. The Hall–Kier alpha value is -2.50. The molecule has 6 heteroatoms. The van der Waals surface area contributed by atoms with Crippen molar-refractivity contribution in [2.75, 3.05) is 29.0 Å². The number of nitrogens with one attached hydrogen (secondary N) is 1. The van der Waals surface area contributed by atoms with Gasteiger partial charge in [0.05, 0.1) is 12.2 Å². The number of rotatable bonds is 3. The number of carbonyl (C=O) groups excluding carboxylic acids is 1. The molecule has 134 valence electrons. The van der Waals surface area contributed by atoms with Gasteiger partial charge >= 0.3 is 0 Å². The number of carbonyl (C=O) groups is 1. The average molecular weight is 341 g/mol. The smallest absolute Gasteiger partial charge is 0.245 e. The van der Waals surface area contributed by atoms with E-state index in [-0.39, 0.29) is 11.3 Å². The van der Waals surface area contributed by atoms with Crippen molar-refractivity contribution in [2.45, 2.75) is 39.0 Å². The second-order valence-corrected chi connectivity index (χ2v) is 7.71. The number of hydrogen-bond acceptors (Lipinski definition) is 4. The molecule has 0 fully saturated rings. The minimum atomic E-state index is -0.0515. The minimum absolute atomic E-state index is 0.0428. The molecule has 6 nitrogen and oxygen atoms in total. The summed E-state index contributed by atoms with van der Waals surface area (Å²) in [5.41, 5.74) is 10.0. The van der Waals surface area contributed by atoms with Crippen LogP contribution in [0.15, 0.2) is 24.3 Å². The summed E-state index contributed by atoms with van der Waals surface area (Å²) in [6, 6.07) is 7.85. The molecule has 0 bridgehead atoms. The molecule has 1 aliphatic heterocycles. The van der Waals surface area contributed by atoms with Crippen molar-refractivity contribution in [3.05, 3.63) is 35.5 Å². The fourth-order valence-corrected chi connectivity index (χ4v) is 3.20. The normalized spacial score (nSPS) is 14.3. The Bertz CT molecular complexity index is 788. The zero-order chi connectivity index (χ0) is 18.2. The lowest BCUT2D eigenvalue weighted by Crippen LogP contribution is -2.37. The van der Waals surface area contributed by atoms with Crippen molar-refractivity contribution < 1.29 is 4.79 Å². The standard InChI is InChI=1S/C19H27N5O/c1-19(2,3)16-11-17(23(4)22-16)21-18(25)12-24-10-6-7-13-14(20)8-5-9-15(13)24/h5,8-9,11H,6-7,10,12,20H2,1-4H3,(H,21,25). The average Bonchev–Trinajstić information content (AvgIpc) is 2.89. The topological polar surface area (TPSA) is 76.2 Å². The van der Waals surface area contributed by atoms with Gasteiger partial charge in [-0.1, -0.05) is 26.8 Å². The van der Waals surface area contributed by atoms with Gasteiger partial charge in [-0.2, -0.15) is 5.10 Å². The van der Waals surface area contributed by atoms with Gasteiger partial charge < -0.3 is 16.0 Å². The number of benzene rings is 1. The van der Waals surface area contributed by atoms with Crippen LogP contribution in [-0.4, -0.2) is 28.8 Å². The van der Waals surface area contributed by atoms with E-state index >= 15 is 0 Å². The summed E-state index contributed by atoms with van der Waals surface area (Å²) in [5.74, 6) is 0.679. The maximum absolute atomic E-state index is 12.6. The third-order valence-corrected chi connectivity index (χ3v) is 4.63. The van der Waals surface area contributed by atoms with Crippen LogP contribution in [-0.2, 0) is 23.7 Å². The molecule has 0 saturated heterocycles. The molecule has 0 atom stereocenters. The number of aromatic nitrogens is 2. The minimum Gasteiger partial charge on any atom is -0.398 e. The summed E-state index contributed by atoms with van der Waals surface area (Å²) >= 11 is 0. The van der Waals surface area contributed by atoms with Gasteiger partial charge in [-0.3, -0.25) is 9.48 Å². The van der Waals surface area contributed by atoms with Crippen LogP contribution in [0.2, 0.25) is 0 Å². The van der Waals surface area contributed by atoms with Gasteiger partial charge in [-0.15, -0.1) is 0 Å². The summed E-state index contributed by atoms with van der Waals surface area (Å²) in [4.78, 5) is 14.7. The quantitative estimate of drug-likeness (QED) is 0.842. The fraction of sp³-hybridized carbons (Fsp3) is 0.474. The van der Waals surface area contributed by atoms with Crippen LogP contribution in [0.25, 0.3) is 0 Å². The lowest BCUT2D eigenvalue weighted by Gasteiger charge is -2.31. The summed E-state index contributed by atoms with van der Waals surface area (Å²) in [6.07, 6.45) is 1.98. The van der Waals surface area contributed by atoms with Crippen molar-refractivity contribution in [1.29, 1.82) is 0 Å². The Kier molecular flexibility index (Phi) is 4.45. The van der Waals surface area contributed by atoms with E-state index in [4.69, 9.17) is 5.73 Å². The molecule has 3 rings (SSSR count). The van der Waals surface area contributed by atoms with Crippen molar-refractivity contribution >= 4 is 23.1 Å². The second-order valence-electron chi connectivity index (χ2n) is 7.71. The maximum Gasteiger partial charge on any atom is 0.245 e. The Morgan fingerprint density at radius 1 is 1.36 bits per heavy atom. The van der Waals surface area contributed by atoms with Crippen LogP contribution in [0.5, 0.6) is 0 Å². The molecule has 1 aromatic carbocycles. The molecule has 3 N–H and O–H groups in total. The number of nitrogen functional groups attached to an aromatic ring is 1. The van der Waals surface area contributed by atoms with Crippen LogP contribution >= 0.6 is 0 Å². The van der Waals surface area contributed by atoms with Crippen molar-refractivity contribution in [3.63, 3.8) is 0 Å². The van der Waals surface area contributed by atoms with Crippen LogP contribution in [0.4, 0.5) is 17.2 Å². The number of nitrogens with zero attached hydrogens (tertiary/aromatic N) is 3. The van der Waals surface area contributed by atoms with Gasteiger partial charge in [-0.25, -0.2) is 0 Å². The van der Waals surface area contributed by atoms with Gasteiger partial charge in [0.1, 0.15) is 5.82 Å². The zero-order valence-electron chi connectivity index (χ0n) is 15.5. The van der Waals surface area contributed by atoms with Crippen LogP contribution in [0.1, 0.15) is 38.4 Å². The summed E-state index contributed by atoms with van der Waals surface area (Å²) in [6.45, 7) is 7.50. The second kappa shape index (κ2) is 6.43. The van der Waals surface area contributed by atoms with Crippen molar-refractivity contribution in [1.82, 2.24) is 9.78 Å². The molecular weight excluding hydrogens is 314 g/mol. The highest BCUT2D eigenvalue weighted by Gasteiger charge is 2.22. The molecular formula is C19H27N5O. The molecule has 2 heterocycles. The van der Waals surface area contributed by atoms with Crippen LogP contribution < -0.4 is 16.0 Å². The molecule has 0 radical (unpaired) electrons. The van der Waals surface area contributed by atoms with Crippen molar-refractivity contribution in [3.8, 4) is 0 Å². The summed E-state index contributed by atoms with van der Waals surface area (Å²) < 4.78 is 1.72. The van der Waals surface area contributed by atoms with Crippen LogP contribution in [0.3, 0.4) is 0 Å². The van der Waals surface area contributed by atoms with Gasteiger partial charge in [0.2, 0.25) is 5.91 Å². The highest BCUT2D eigenvalue weighted by atomic mass is 16.2. The predicted molar refractivity (Wildman–Crippen MR) is 102 cm³/mol. The predicted octanol–water partition coefficient (Wildman–Crippen LogP) is 2.69. The van der Waals surface area contributed by atoms with E-state index in [2.05, 4.69) is 36.1 Å². The Morgan fingerprint density at radius 3 is 2.80 bits per heavy atom. The molecule has 0 spiro atoms. The molecule has 1 aromatic heterocycles. The van der Waals surface area contributed by atoms with Crippen molar-refractivity contribution in [2.24, 2.45) is 7.05 Å². The number of aryl methyl sites for hydroxylation is 1. The third-order valence-electron chi connectivity index (χ3n) is 4.63. The van der Waals surface area contributed by atoms with Gasteiger partial charge in [-0.05, 0) is 30.5 Å². The first-order valence-electron chi connectivity index (χ1n) is 8.72. The summed E-state index contributed by atoms with van der Waals surface area (Å²) in [7, 11) is 1.85. The van der Waals surface area contributed by atoms with Gasteiger partial charge in [0, 0.05) is 36.4 Å². The SMILES string of the molecule is Cn1nc(C(C)(C)C)cc1NC(=O)CN1CCCc2c(N)cccc21. The summed E-state index contributed by atoms with van der Waals surface area (Å²) in [5, 5.41) is 7.49. The number of fused-ring (bicyclic) bond motifs is 1. The molecule has 2 aromatic rings. The van der Waals surface area contributed by atoms with E-state index < -0.39 is 0 Å². The Labute approximate surface area is 149 Å². The zero-order valence-corrected chi connectivity index (χ0v) is 15.5. The van der Waals surface area contributed by atoms with E-state index in [0.29, 0.717) is 6.54 Å². The largest absolute Gasteiger partial charge is 0.398 e.